The summed E-state index contributed by atoms with van der Waals surface area (Å²) in [6, 6.07) is 5.03. The van der Waals surface area contributed by atoms with Crippen LogP contribution in [0.1, 0.15) is 33.2 Å². The lowest BCUT2D eigenvalue weighted by atomic mass is 9.99. The number of pyridine rings is 1. The summed E-state index contributed by atoms with van der Waals surface area (Å²) in [5.74, 6) is -1.83. The van der Waals surface area contributed by atoms with Crippen molar-refractivity contribution in [3.8, 4) is 0 Å². The second kappa shape index (κ2) is 4.10. The van der Waals surface area contributed by atoms with E-state index in [0.717, 1.165) is 5.56 Å². The molecular formula is C13H11NO4. The largest absolute Gasteiger partial charge is 0.478 e. The molecule has 0 spiro atoms. The average Bonchev–Trinajstić information content (AvgIpc) is 2.28. The fourth-order valence-electron chi connectivity index (χ4n) is 2.02. The van der Waals surface area contributed by atoms with E-state index in [1.165, 1.54) is 6.92 Å². The molecule has 2 N–H and O–H groups in total. The van der Waals surface area contributed by atoms with Crippen LogP contribution >= 0.6 is 0 Å². The lowest BCUT2D eigenvalue weighted by Gasteiger charge is -2.08. The average molecular weight is 245 g/mol. The van der Waals surface area contributed by atoms with Crippen molar-refractivity contribution < 1.29 is 14.7 Å². The normalized spacial score (nSPS) is 10.6. The number of aromatic amines is 1. The molecule has 0 saturated heterocycles. The van der Waals surface area contributed by atoms with Gasteiger partial charge in [-0.05, 0) is 19.4 Å². The van der Waals surface area contributed by atoms with Crippen molar-refractivity contribution in [3.05, 3.63) is 45.2 Å². The molecule has 0 unspecified atom stereocenters. The topological polar surface area (TPSA) is 87.2 Å². The number of ketones is 1. The number of fused-ring (bicyclic) bond motifs is 1. The molecule has 0 aliphatic heterocycles. The number of aryl methyl sites for hydroxylation is 1. The molecule has 0 radical (unpaired) electrons. The van der Waals surface area contributed by atoms with Gasteiger partial charge >= 0.3 is 5.97 Å². The minimum Gasteiger partial charge on any atom is -0.478 e. The first kappa shape index (κ1) is 12.0. The van der Waals surface area contributed by atoms with E-state index in [0.29, 0.717) is 10.9 Å². The second-order valence-corrected chi connectivity index (χ2v) is 4.06. The van der Waals surface area contributed by atoms with Crippen LogP contribution in [0.25, 0.3) is 10.9 Å². The number of nitrogens with one attached hydrogen (secondary N) is 1. The first-order chi connectivity index (χ1) is 8.43. The number of aromatic nitrogens is 1. The van der Waals surface area contributed by atoms with Gasteiger partial charge in [-0.1, -0.05) is 18.2 Å². The summed E-state index contributed by atoms with van der Waals surface area (Å²) in [5, 5.41) is 9.59. The summed E-state index contributed by atoms with van der Waals surface area (Å²) >= 11 is 0. The van der Waals surface area contributed by atoms with Crippen molar-refractivity contribution in [2.45, 2.75) is 13.8 Å². The Balaban J connectivity index is 3.09. The fraction of sp³-hybridized carbons (Fsp3) is 0.154. The van der Waals surface area contributed by atoms with Crippen LogP contribution in [0.2, 0.25) is 0 Å². The molecule has 0 atom stereocenters. The van der Waals surface area contributed by atoms with Gasteiger partial charge in [-0.15, -0.1) is 0 Å². The van der Waals surface area contributed by atoms with E-state index in [2.05, 4.69) is 4.98 Å². The predicted molar refractivity (Wildman–Crippen MR) is 66.3 cm³/mol. The van der Waals surface area contributed by atoms with Gasteiger partial charge in [0.1, 0.15) is 0 Å². The minimum absolute atomic E-state index is 0.232. The van der Waals surface area contributed by atoms with Crippen LogP contribution in [-0.4, -0.2) is 21.8 Å². The van der Waals surface area contributed by atoms with E-state index in [1.807, 2.05) is 0 Å². The van der Waals surface area contributed by atoms with E-state index in [1.54, 1.807) is 25.1 Å². The number of carboxylic acid groups (broad SMARTS) is 1. The highest BCUT2D eigenvalue weighted by atomic mass is 16.4. The zero-order valence-electron chi connectivity index (χ0n) is 9.90. The number of hydrogen-bond donors (Lipinski definition) is 2. The lowest BCUT2D eigenvalue weighted by molar-refractivity contribution is 0.0694. The second-order valence-electron chi connectivity index (χ2n) is 4.06. The number of H-pyrrole nitrogens is 1. The van der Waals surface area contributed by atoms with E-state index >= 15 is 0 Å². The number of para-hydroxylation sites is 1. The maximum atomic E-state index is 11.8. The number of aromatic carboxylic acids is 1. The summed E-state index contributed by atoms with van der Waals surface area (Å²) in [4.78, 5) is 37.1. The summed E-state index contributed by atoms with van der Waals surface area (Å²) in [6.45, 7) is 2.94. The van der Waals surface area contributed by atoms with Gasteiger partial charge in [0.25, 0.3) is 5.56 Å². The highest BCUT2D eigenvalue weighted by Crippen LogP contribution is 2.21. The molecule has 0 fully saturated rings. The third-order valence-electron chi connectivity index (χ3n) is 2.82. The van der Waals surface area contributed by atoms with Crippen LogP contribution in [0.3, 0.4) is 0 Å². The molecule has 0 saturated carbocycles. The van der Waals surface area contributed by atoms with Gasteiger partial charge in [0.2, 0.25) is 0 Å². The molecule has 5 heteroatoms. The Kier molecular flexibility index (Phi) is 2.74. The molecule has 18 heavy (non-hydrogen) atoms. The number of rotatable bonds is 2. The van der Waals surface area contributed by atoms with E-state index in [-0.39, 0.29) is 11.1 Å². The van der Waals surface area contributed by atoms with Gasteiger partial charge in [0.05, 0.1) is 16.6 Å². The van der Waals surface area contributed by atoms with Gasteiger partial charge in [-0.2, -0.15) is 0 Å². The Morgan fingerprint density at radius 2 is 1.89 bits per heavy atom. The molecule has 1 heterocycles. The van der Waals surface area contributed by atoms with Gasteiger partial charge in [-0.25, -0.2) is 4.79 Å². The first-order valence-corrected chi connectivity index (χ1v) is 5.33. The SMILES string of the molecule is CC(=O)c1c(C(=O)O)c2cccc(C)c2[nH]c1=O. The molecule has 1 aromatic carbocycles. The van der Waals surface area contributed by atoms with Crippen molar-refractivity contribution in [2.24, 2.45) is 0 Å². The summed E-state index contributed by atoms with van der Waals surface area (Å²) < 4.78 is 0. The van der Waals surface area contributed by atoms with Crippen LogP contribution in [0.15, 0.2) is 23.0 Å². The molecular weight excluding hydrogens is 234 g/mol. The smallest absolute Gasteiger partial charge is 0.337 e. The monoisotopic (exact) mass is 245 g/mol. The molecule has 5 nitrogen and oxygen atoms in total. The van der Waals surface area contributed by atoms with Crippen molar-refractivity contribution in [2.75, 3.05) is 0 Å². The molecule has 1 aromatic heterocycles. The quantitative estimate of drug-likeness (QED) is 0.789. The Hall–Kier alpha value is -2.43. The number of carboxylic acids is 1. The molecule has 2 aromatic rings. The predicted octanol–water partition coefficient (Wildman–Crippen LogP) is 1.74. The number of hydrogen-bond acceptors (Lipinski definition) is 3. The zero-order chi connectivity index (χ0) is 13.4. The van der Waals surface area contributed by atoms with Crippen LogP contribution < -0.4 is 5.56 Å². The third kappa shape index (κ3) is 1.69. The van der Waals surface area contributed by atoms with Crippen LogP contribution in [-0.2, 0) is 0 Å². The third-order valence-corrected chi connectivity index (χ3v) is 2.82. The number of carbonyl (C=O) groups is 2. The van der Waals surface area contributed by atoms with Gasteiger partial charge in [0.15, 0.2) is 5.78 Å². The summed E-state index contributed by atoms with van der Waals surface area (Å²) in [6.07, 6.45) is 0. The molecule has 0 aliphatic carbocycles. The Morgan fingerprint density at radius 3 is 2.44 bits per heavy atom. The van der Waals surface area contributed by atoms with E-state index in [4.69, 9.17) is 0 Å². The van der Waals surface area contributed by atoms with Gasteiger partial charge in [-0.3, -0.25) is 9.59 Å². The molecule has 2 rings (SSSR count). The molecule has 0 aliphatic rings. The Morgan fingerprint density at radius 1 is 1.22 bits per heavy atom. The van der Waals surface area contributed by atoms with E-state index in [9.17, 15) is 19.5 Å². The zero-order valence-corrected chi connectivity index (χ0v) is 9.90. The fourth-order valence-corrected chi connectivity index (χ4v) is 2.02. The standard InChI is InChI=1S/C13H11NO4/c1-6-4-3-5-8-10(13(17)18)9(7(2)15)12(16)14-11(6)8/h3-5H,1-2H3,(H,14,16)(H,17,18). The van der Waals surface area contributed by atoms with E-state index < -0.39 is 17.3 Å². The Bertz CT molecular complexity index is 728. The Labute approximate surface area is 102 Å². The van der Waals surface area contributed by atoms with Gasteiger partial charge in [0, 0.05) is 5.39 Å². The summed E-state index contributed by atoms with van der Waals surface area (Å²) in [7, 11) is 0. The molecule has 0 bridgehead atoms. The lowest BCUT2D eigenvalue weighted by Crippen LogP contribution is -2.22. The van der Waals surface area contributed by atoms with Crippen molar-refractivity contribution in [1.29, 1.82) is 0 Å². The van der Waals surface area contributed by atoms with Crippen LogP contribution in [0.5, 0.6) is 0 Å². The first-order valence-electron chi connectivity index (χ1n) is 5.33. The van der Waals surface area contributed by atoms with Crippen molar-refractivity contribution >= 4 is 22.7 Å². The van der Waals surface area contributed by atoms with Crippen molar-refractivity contribution in [3.63, 3.8) is 0 Å². The maximum Gasteiger partial charge on any atom is 0.337 e. The molecule has 92 valence electrons. The van der Waals surface area contributed by atoms with Crippen LogP contribution in [0.4, 0.5) is 0 Å². The minimum atomic E-state index is -1.28. The van der Waals surface area contributed by atoms with Gasteiger partial charge < -0.3 is 10.1 Å². The number of carbonyl (C=O) groups excluding carboxylic acids is 1. The summed E-state index contributed by atoms with van der Waals surface area (Å²) in [5.41, 5.74) is -0.000600. The van der Waals surface area contributed by atoms with Crippen molar-refractivity contribution in [1.82, 2.24) is 4.98 Å². The highest BCUT2D eigenvalue weighted by molar-refractivity contribution is 6.12. The number of benzene rings is 1. The molecule has 0 amide bonds. The maximum absolute atomic E-state index is 11.8. The highest BCUT2D eigenvalue weighted by Gasteiger charge is 2.21. The number of Topliss-reactive ketones (excluding diaryl/α,β-unsaturated/α-hetero) is 1. The van der Waals surface area contributed by atoms with Crippen LogP contribution in [0, 0.1) is 6.92 Å².